The van der Waals surface area contributed by atoms with Gasteiger partial charge in [-0.2, -0.15) is 0 Å². The number of hydrogen-bond donors (Lipinski definition) is 1. The molecule has 0 unspecified atom stereocenters. The van der Waals surface area contributed by atoms with Crippen molar-refractivity contribution >= 4 is 51.9 Å². The van der Waals surface area contributed by atoms with Crippen molar-refractivity contribution in [2.24, 2.45) is 0 Å². The van der Waals surface area contributed by atoms with Gasteiger partial charge in [-0.3, -0.25) is 9.69 Å². The van der Waals surface area contributed by atoms with Crippen molar-refractivity contribution in [1.29, 1.82) is 0 Å². The van der Waals surface area contributed by atoms with Crippen molar-refractivity contribution in [3.05, 3.63) is 58.5 Å². The molecule has 0 bridgehead atoms. The Kier molecular flexibility index (Phi) is 4.14. The van der Waals surface area contributed by atoms with Crippen LogP contribution in [0.15, 0.2) is 47.4 Å². The van der Waals surface area contributed by atoms with Crippen LogP contribution >= 0.6 is 24.0 Å². The summed E-state index contributed by atoms with van der Waals surface area (Å²) in [5.41, 5.74) is 1.31. The van der Waals surface area contributed by atoms with E-state index in [0.717, 1.165) is 5.56 Å². The lowest BCUT2D eigenvalue weighted by Gasteiger charge is -2.14. The Hall–Kier alpha value is -2.84. The molecule has 1 N–H and O–H groups in total. The molecule has 130 valence electrons. The van der Waals surface area contributed by atoms with Crippen LogP contribution in [0, 0.1) is 0 Å². The molecule has 8 heteroatoms. The lowest BCUT2D eigenvalue weighted by atomic mass is 10.1. The van der Waals surface area contributed by atoms with E-state index in [9.17, 15) is 9.59 Å². The lowest BCUT2D eigenvalue weighted by molar-refractivity contribution is -0.113. The highest BCUT2D eigenvalue weighted by Gasteiger charge is 2.33. The maximum absolute atomic E-state index is 12.8. The van der Waals surface area contributed by atoms with E-state index < -0.39 is 5.97 Å². The number of amides is 1. The van der Waals surface area contributed by atoms with Gasteiger partial charge in [-0.1, -0.05) is 36.1 Å². The average Bonchev–Trinajstić information content (AvgIpc) is 3.19. The molecule has 0 spiro atoms. The fourth-order valence-electron chi connectivity index (χ4n) is 2.62. The summed E-state index contributed by atoms with van der Waals surface area (Å²) in [6.45, 7) is 0.181. The second-order valence-corrected chi connectivity index (χ2v) is 7.16. The molecule has 1 amide bonds. The van der Waals surface area contributed by atoms with Gasteiger partial charge in [0.25, 0.3) is 5.91 Å². The zero-order valence-corrected chi connectivity index (χ0v) is 14.8. The number of thiocarbonyl (C=S) groups is 1. The molecule has 0 atom stereocenters. The van der Waals surface area contributed by atoms with Gasteiger partial charge < -0.3 is 14.6 Å². The van der Waals surface area contributed by atoms with Crippen LogP contribution in [0.3, 0.4) is 0 Å². The van der Waals surface area contributed by atoms with E-state index in [-0.39, 0.29) is 18.3 Å². The Morgan fingerprint density at radius 2 is 2.00 bits per heavy atom. The topological polar surface area (TPSA) is 76.1 Å². The second-order valence-electron chi connectivity index (χ2n) is 5.49. The highest BCUT2D eigenvalue weighted by atomic mass is 32.2. The smallest absolute Gasteiger partial charge is 0.335 e. The van der Waals surface area contributed by atoms with Crippen LogP contribution in [0.1, 0.15) is 15.9 Å². The predicted octanol–water partition coefficient (Wildman–Crippen LogP) is 3.52. The van der Waals surface area contributed by atoms with Gasteiger partial charge in [0.05, 0.1) is 16.2 Å². The van der Waals surface area contributed by atoms with Crippen molar-refractivity contribution in [2.45, 2.75) is 0 Å². The number of carbonyl (C=O) groups is 2. The number of benzene rings is 2. The minimum Gasteiger partial charge on any atom is -0.478 e. The van der Waals surface area contributed by atoms with E-state index in [1.54, 1.807) is 30.3 Å². The van der Waals surface area contributed by atoms with Gasteiger partial charge in [0, 0.05) is 0 Å². The number of ether oxygens (including phenoxy) is 2. The zero-order chi connectivity index (χ0) is 18.3. The average molecular weight is 385 g/mol. The Morgan fingerprint density at radius 3 is 2.81 bits per heavy atom. The van der Waals surface area contributed by atoms with Crippen LogP contribution in [-0.2, 0) is 4.79 Å². The molecular formula is C18H11NO5S2. The molecule has 2 heterocycles. The van der Waals surface area contributed by atoms with E-state index in [4.69, 9.17) is 26.8 Å². The molecule has 1 fully saturated rings. The second kappa shape index (κ2) is 6.47. The van der Waals surface area contributed by atoms with Crippen LogP contribution in [-0.4, -0.2) is 28.1 Å². The number of hydrogen-bond acceptors (Lipinski definition) is 6. The van der Waals surface area contributed by atoms with Crippen molar-refractivity contribution in [1.82, 2.24) is 0 Å². The molecular weight excluding hydrogens is 374 g/mol. The molecule has 2 aliphatic heterocycles. The SMILES string of the molecule is O=C(O)c1cccc(N2C(=O)/C(=C/c3ccc4c(c3)OCO4)SC2=S)c1. The number of nitrogens with zero attached hydrogens (tertiary/aromatic N) is 1. The van der Waals surface area contributed by atoms with Gasteiger partial charge in [0.1, 0.15) is 0 Å². The predicted molar refractivity (Wildman–Crippen MR) is 102 cm³/mol. The summed E-state index contributed by atoms with van der Waals surface area (Å²) in [4.78, 5) is 25.7. The third-order valence-electron chi connectivity index (χ3n) is 3.84. The first-order valence-corrected chi connectivity index (χ1v) is 8.76. The minimum absolute atomic E-state index is 0.0938. The van der Waals surface area contributed by atoms with Gasteiger partial charge in [-0.25, -0.2) is 4.79 Å². The standard InChI is InChI=1S/C18H11NO5S2/c20-16-15(7-10-4-5-13-14(6-10)24-9-23-13)26-18(25)19(16)12-3-1-2-11(8-12)17(21)22/h1-8H,9H2,(H,21,22)/b15-7-. The number of fused-ring (bicyclic) bond motifs is 1. The molecule has 1 saturated heterocycles. The Morgan fingerprint density at radius 1 is 1.19 bits per heavy atom. The largest absolute Gasteiger partial charge is 0.478 e. The molecule has 0 saturated carbocycles. The number of carboxylic acid groups (broad SMARTS) is 1. The number of thioether (sulfide) groups is 1. The zero-order valence-electron chi connectivity index (χ0n) is 13.2. The maximum Gasteiger partial charge on any atom is 0.335 e. The molecule has 0 radical (unpaired) electrons. The van der Waals surface area contributed by atoms with Crippen LogP contribution in [0.5, 0.6) is 11.5 Å². The maximum atomic E-state index is 12.8. The summed E-state index contributed by atoms with van der Waals surface area (Å²) in [5.74, 6) is -0.0584. The lowest BCUT2D eigenvalue weighted by Crippen LogP contribution is -2.27. The monoisotopic (exact) mass is 385 g/mol. The highest BCUT2D eigenvalue weighted by Crippen LogP contribution is 2.38. The van der Waals surface area contributed by atoms with Crippen LogP contribution in [0.2, 0.25) is 0 Å². The van der Waals surface area contributed by atoms with E-state index in [1.807, 2.05) is 6.07 Å². The van der Waals surface area contributed by atoms with Crippen LogP contribution < -0.4 is 14.4 Å². The molecule has 0 aromatic heterocycles. The first kappa shape index (κ1) is 16.6. The van der Waals surface area contributed by atoms with Crippen molar-refractivity contribution < 1.29 is 24.2 Å². The van der Waals surface area contributed by atoms with Crippen molar-refractivity contribution in [2.75, 3.05) is 11.7 Å². The Labute approximate surface area is 158 Å². The first-order valence-electron chi connectivity index (χ1n) is 7.54. The van der Waals surface area contributed by atoms with Crippen LogP contribution in [0.25, 0.3) is 6.08 Å². The van der Waals surface area contributed by atoms with Gasteiger partial charge in [0.2, 0.25) is 6.79 Å². The summed E-state index contributed by atoms with van der Waals surface area (Å²) in [6.07, 6.45) is 1.72. The Bertz CT molecular complexity index is 985. The van der Waals surface area contributed by atoms with E-state index in [1.165, 1.54) is 28.8 Å². The summed E-state index contributed by atoms with van der Waals surface area (Å²) < 4.78 is 11.0. The van der Waals surface area contributed by atoms with E-state index >= 15 is 0 Å². The number of rotatable bonds is 3. The number of anilines is 1. The molecule has 6 nitrogen and oxygen atoms in total. The first-order chi connectivity index (χ1) is 12.5. The van der Waals surface area contributed by atoms with E-state index in [2.05, 4.69) is 0 Å². The number of carboxylic acids is 1. The van der Waals surface area contributed by atoms with Crippen LogP contribution in [0.4, 0.5) is 5.69 Å². The molecule has 0 aliphatic carbocycles. The number of carbonyl (C=O) groups excluding carboxylic acids is 1. The summed E-state index contributed by atoms with van der Waals surface area (Å²) in [6, 6.07) is 11.5. The summed E-state index contributed by atoms with van der Waals surface area (Å²) >= 11 is 6.48. The van der Waals surface area contributed by atoms with Gasteiger partial charge >= 0.3 is 5.97 Å². The van der Waals surface area contributed by atoms with E-state index in [0.29, 0.717) is 26.4 Å². The molecule has 26 heavy (non-hydrogen) atoms. The molecule has 2 aromatic rings. The third kappa shape index (κ3) is 2.93. The quantitative estimate of drug-likeness (QED) is 0.640. The van der Waals surface area contributed by atoms with Gasteiger partial charge in [-0.15, -0.1) is 0 Å². The molecule has 2 aliphatic rings. The number of aromatic carboxylic acids is 1. The minimum atomic E-state index is -1.06. The molecule has 4 rings (SSSR count). The van der Waals surface area contributed by atoms with Crippen molar-refractivity contribution in [3.63, 3.8) is 0 Å². The molecule has 2 aromatic carbocycles. The fraction of sp³-hybridized carbons (Fsp3) is 0.0556. The van der Waals surface area contributed by atoms with Crippen molar-refractivity contribution in [3.8, 4) is 11.5 Å². The third-order valence-corrected chi connectivity index (χ3v) is 5.14. The highest BCUT2D eigenvalue weighted by molar-refractivity contribution is 8.27. The van der Waals surface area contributed by atoms with Gasteiger partial charge in [0.15, 0.2) is 15.8 Å². The van der Waals surface area contributed by atoms with Gasteiger partial charge in [-0.05, 0) is 42.0 Å². The fourth-order valence-corrected chi connectivity index (χ4v) is 3.92. The summed E-state index contributed by atoms with van der Waals surface area (Å²) in [7, 11) is 0. The normalized spacial score (nSPS) is 17.2. The summed E-state index contributed by atoms with van der Waals surface area (Å²) in [5, 5.41) is 9.13. The Balaban J connectivity index is 1.65.